The second-order valence-corrected chi connectivity index (χ2v) is 6.28. The van der Waals surface area contributed by atoms with Crippen LogP contribution >= 0.6 is 11.3 Å². The maximum Gasteiger partial charge on any atom is 0.407 e. The van der Waals surface area contributed by atoms with E-state index in [4.69, 9.17) is 9.47 Å². The van der Waals surface area contributed by atoms with Gasteiger partial charge in [0.1, 0.15) is 5.60 Å². The second-order valence-electron chi connectivity index (χ2n) is 5.28. The number of ether oxygens (including phenoxy) is 2. The van der Waals surface area contributed by atoms with Gasteiger partial charge < -0.3 is 14.8 Å². The third-order valence-corrected chi connectivity index (χ3v) is 3.38. The van der Waals surface area contributed by atoms with E-state index in [9.17, 15) is 9.59 Å². The Labute approximate surface area is 123 Å². The Morgan fingerprint density at radius 2 is 2.05 bits per heavy atom. The first-order valence-corrected chi connectivity index (χ1v) is 7.33. The van der Waals surface area contributed by atoms with Crippen molar-refractivity contribution in [3.8, 4) is 0 Å². The van der Waals surface area contributed by atoms with Crippen LogP contribution in [0.1, 0.15) is 42.4 Å². The molecule has 1 rings (SSSR count). The molecule has 0 fully saturated rings. The summed E-state index contributed by atoms with van der Waals surface area (Å²) in [6.07, 6.45) is 1.04. The maximum absolute atomic E-state index is 11.5. The van der Waals surface area contributed by atoms with Gasteiger partial charge in [-0.2, -0.15) is 0 Å². The van der Waals surface area contributed by atoms with E-state index in [1.807, 2.05) is 26.2 Å². The molecule has 1 N–H and O–H groups in total. The van der Waals surface area contributed by atoms with E-state index in [0.29, 0.717) is 12.1 Å². The molecule has 0 atom stereocenters. The molecule has 112 valence electrons. The van der Waals surface area contributed by atoms with Gasteiger partial charge in [-0.25, -0.2) is 9.59 Å². The molecular formula is C14H21NO4S. The summed E-state index contributed by atoms with van der Waals surface area (Å²) in [6, 6.07) is 1.76. The Kier molecular flexibility index (Phi) is 6.01. The van der Waals surface area contributed by atoms with Crippen LogP contribution in [0.4, 0.5) is 4.79 Å². The van der Waals surface area contributed by atoms with Crippen molar-refractivity contribution < 1.29 is 19.1 Å². The van der Waals surface area contributed by atoms with Gasteiger partial charge in [0, 0.05) is 11.4 Å². The third kappa shape index (κ3) is 5.61. The average molecular weight is 299 g/mol. The minimum atomic E-state index is -0.490. The summed E-state index contributed by atoms with van der Waals surface area (Å²) in [5.74, 6) is -0.318. The van der Waals surface area contributed by atoms with Crippen LogP contribution in [0.25, 0.3) is 0 Å². The van der Waals surface area contributed by atoms with E-state index in [-0.39, 0.29) is 5.97 Å². The molecule has 0 saturated carbocycles. The van der Waals surface area contributed by atoms with E-state index < -0.39 is 11.7 Å². The quantitative estimate of drug-likeness (QED) is 0.670. The minimum Gasteiger partial charge on any atom is -0.465 e. The zero-order chi connectivity index (χ0) is 15.2. The van der Waals surface area contributed by atoms with E-state index in [1.54, 1.807) is 6.07 Å². The van der Waals surface area contributed by atoms with Gasteiger partial charge in [-0.1, -0.05) is 0 Å². The Morgan fingerprint density at radius 1 is 1.35 bits per heavy atom. The number of hydrogen-bond acceptors (Lipinski definition) is 5. The SMILES string of the molecule is COC(=O)c1ccsc1CCCNC(=O)OC(C)(C)C. The normalized spacial score (nSPS) is 11.0. The van der Waals surface area contributed by atoms with Crippen molar-refractivity contribution >= 4 is 23.4 Å². The first kappa shape index (κ1) is 16.5. The van der Waals surface area contributed by atoms with Gasteiger partial charge in [0.05, 0.1) is 12.7 Å². The van der Waals surface area contributed by atoms with Gasteiger partial charge in [-0.05, 0) is 45.1 Å². The molecule has 0 aromatic carbocycles. The minimum absolute atomic E-state index is 0.318. The molecule has 0 saturated heterocycles. The average Bonchev–Trinajstić information content (AvgIpc) is 2.79. The summed E-state index contributed by atoms with van der Waals surface area (Å²) in [6.45, 7) is 5.97. The number of carbonyl (C=O) groups excluding carboxylic acids is 2. The number of esters is 1. The Bertz CT molecular complexity index is 462. The van der Waals surface area contributed by atoms with Crippen LogP contribution in [-0.2, 0) is 15.9 Å². The summed E-state index contributed by atoms with van der Waals surface area (Å²) in [4.78, 5) is 23.9. The van der Waals surface area contributed by atoms with Crippen molar-refractivity contribution in [2.75, 3.05) is 13.7 Å². The standard InChI is InChI=1S/C14H21NO4S/c1-14(2,3)19-13(17)15-8-5-6-11-10(7-9-20-11)12(16)18-4/h7,9H,5-6,8H2,1-4H3,(H,15,17). The highest BCUT2D eigenvalue weighted by Crippen LogP contribution is 2.19. The number of hydrogen-bond donors (Lipinski definition) is 1. The number of amides is 1. The molecular weight excluding hydrogens is 278 g/mol. The molecule has 1 heterocycles. The van der Waals surface area contributed by atoms with Crippen LogP contribution < -0.4 is 5.32 Å². The molecule has 0 bridgehead atoms. The van der Waals surface area contributed by atoms with E-state index >= 15 is 0 Å². The summed E-state index contributed by atoms with van der Waals surface area (Å²) in [7, 11) is 1.37. The Hall–Kier alpha value is -1.56. The second kappa shape index (κ2) is 7.28. The first-order chi connectivity index (χ1) is 9.33. The molecule has 0 aliphatic rings. The monoisotopic (exact) mass is 299 g/mol. The highest BCUT2D eigenvalue weighted by atomic mass is 32.1. The van der Waals surface area contributed by atoms with Crippen LogP contribution in [0.5, 0.6) is 0 Å². The number of methoxy groups -OCH3 is 1. The van der Waals surface area contributed by atoms with Crippen LogP contribution in [0.3, 0.4) is 0 Å². The summed E-state index contributed by atoms with van der Waals surface area (Å²) < 4.78 is 9.85. The predicted molar refractivity (Wildman–Crippen MR) is 78.2 cm³/mol. The smallest absolute Gasteiger partial charge is 0.407 e. The zero-order valence-electron chi connectivity index (χ0n) is 12.3. The molecule has 0 spiro atoms. The van der Waals surface area contributed by atoms with Gasteiger partial charge in [0.2, 0.25) is 0 Å². The molecule has 1 amide bonds. The first-order valence-electron chi connectivity index (χ1n) is 6.45. The molecule has 5 nitrogen and oxygen atoms in total. The van der Waals surface area contributed by atoms with Gasteiger partial charge in [-0.3, -0.25) is 0 Å². The lowest BCUT2D eigenvalue weighted by Gasteiger charge is -2.19. The maximum atomic E-state index is 11.5. The number of rotatable bonds is 5. The summed E-state index contributed by atoms with van der Waals surface area (Å²) >= 11 is 1.52. The van der Waals surface area contributed by atoms with Crippen LogP contribution in [0.2, 0.25) is 0 Å². The number of aryl methyl sites for hydroxylation is 1. The lowest BCUT2D eigenvalue weighted by atomic mass is 10.2. The van der Waals surface area contributed by atoms with Gasteiger partial charge in [0.15, 0.2) is 0 Å². The highest BCUT2D eigenvalue weighted by molar-refractivity contribution is 7.10. The van der Waals surface area contributed by atoms with E-state index in [0.717, 1.165) is 17.7 Å². The molecule has 20 heavy (non-hydrogen) atoms. The molecule has 0 unspecified atom stereocenters. The summed E-state index contributed by atoms with van der Waals surface area (Å²) in [5, 5.41) is 4.56. The van der Waals surface area contributed by atoms with Gasteiger partial charge >= 0.3 is 12.1 Å². The lowest BCUT2D eigenvalue weighted by Crippen LogP contribution is -2.33. The topological polar surface area (TPSA) is 64.6 Å². The zero-order valence-corrected chi connectivity index (χ0v) is 13.1. The van der Waals surface area contributed by atoms with E-state index in [1.165, 1.54) is 18.4 Å². The molecule has 0 aliphatic heterocycles. The van der Waals surface area contributed by atoms with Crippen molar-refractivity contribution in [2.24, 2.45) is 0 Å². The fourth-order valence-corrected chi connectivity index (χ4v) is 2.49. The molecule has 6 heteroatoms. The number of nitrogens with one attached hydrogen (secondary N) is 1. The Balaban J connectivity index is 2.33. The lowest BCUT2D eigenvalue weighted by molar-refractivity contribution is 0.0525. The number of alkyl carbamates (subject to hydrolysis) is 1. The van der Waals surface area contributed by atoms with E-state index in [2.05, 4.69) is 5.32 Å². The highest BCUT2D eigenvalue weighted by Gasteiger charge is 2.16. The predicted octanol–water partition coefficient (Wildman–Crippen LogP) is 2.99. The fourth-order valence-electron chi connectivity index (χ4n) is 1.58. The van der Waals surface area contributed by atoms with Crippen molar-refractivity contribution in [1.29, 1.82) is 0 Å². The molecule has 1 aromatic rings. The fraction of sp³-hybridized carbons (Fsp3) is 0.571. The van der Waals surface area contributed by atoms with Crippen LogP contribution in [0.15, 0.2) is 11.4 Å². The van der Waals surface area contributed by atoms with Crippen LogP contribution in [-0.4, -0.2) is 31.3 Å². The molecule has 1 aromatic heterocycles. The largest absolute Gasteiger partial charge is 0.465 e. The van der Waals surface area contributed by atoms with Crippen molar-refractivity contribution in [3.63, 3.8) is 0 Å². The molecule has 0 aliphatic carbocycles. The number of thiophene rings is 1. The Morgan fingerprint density at radius 3 is 2.65 bits per heavy atom. The third-order valence-electron chi connectivity index (χ3n) is 2.40. The number of carbonyl (C=O) groups is 2. The van der Waals surface area contributed by atoms with Crippen molar-refractivity contribution in [2.45, 2.75) is 39.2 Å². The van der Waals surface area contributed by atoms with Crippen molar-refractivity contribution in [3.05, 3.63) is 21.9 Å². The van der Waals surface area contributed by atoms with Crippen molar-refractivity contribution in [1.82, 2.24) is 5.32 Å². The summed E-state index contributed by atoms with van der Waals surface area (Å²) in [5.41, 5.74) is 0.116. The van der Waals surface area contributed by atoms with Gasteiger partial charge in [0.25, 0.3) is 0 Å². The molecule has 0 radical (unpaired) electrons. The van der Waals surface area contributed by atoms with Crippen LogP contribution in [0, 0.1) is 0 Å². The van der Waals surface area contributed by atoms with Gasteiger partial charge in [-0.15, -0.1) is 11.3 Å².